The lowest BCUT2D eigenvalue weighted by atomic mass is 10.1. The second-order valence-electron chi connectivity index (χ2n) is 5.87. The quantitative estimate of drug-likeness (QED) is 0.721. The first-order valence-corrected chi connectivity index (χ1v) is 8.18. The van der Waals surface area contributed by atoms with Gasteiger partial charge in [-0.3, -0.25) is 10.1 Å². The molecular weight excluding hydrogens is 377 g/mol. The molecule has 0 fully saturated rings. The van der Waals surface area contributed by atoms with Gasteiger partial charge in [0.1, 0.15) is 11.5 Å². The molecule has 1 aliphatic rings. The minimum atomic E-state index is -4.73. The second kappa shape index (κ2) is 7.22. The van der Waals surface area contributed by atoms with E-state index in [4.69, 9.17) is 9.57 Å². The molecule has 0 bridgehead atoms. The van der Waals surface area contributed by atoms with Crippen LogP contribution < -0.4 is 9.47 Å². The third-order valence-corrected chi connectivity index (χ3v) is 3.89. The van der Waals surface area contributed by atoms with E-state index in [1.165, 1.54) is 24.3 Å². The summed E-state index contributed by atoms with van der Waals surface area (Å²) in [7, 11) is 0. The summed E-state index contributed by atoms with van der Waals surface area (Å²) in [5, 5.41) is 10.5. The maximum Gasteiger partial charge on any atom is 0.573 e. The summed E-state index contributed by atoms with van der Waals surface area (Å²) in [6, 6.07) is 8.96. The number of benzene rings is 1. The number of halogens is 3. The summed E-state index contributed by atoms with van der Waals surface area (Å²) in [5.74, 6) is 0.540. The van der Waals surface area contributed by atoms with E-state index in [9.17, 15) is 13.2 Å². The van der Waals surface area contributed by atoms with Gasteiger partial charge in [-0.25, -0.2) is 0 Å². The number of H-pyrrole nitrogens is 1. The van der Waals surface area contributed by atoms with Gasteiger partial charge in [0.05, 0.1) is 24.5 Å². The highest BCUT2D eigenvalue weighted by Gasteiger charge is 2.31. The number of aromatic nitrogens is 3. The van der Waals surface area contributed by atoms with Crippen molar-refractivity contribution in [3.05, 3.63) is 60.6 Å². The Hall–Kier alpha value is -3.56. The molecule has 0 amide bonds. The molecule has 0 spiro atoms. The zero-order chi connectivity index (χ0) is 19.6. The Bertz CT molecular complexity index is 955. The van der Waals surface area contributed by atoms with Crippen molar-refractivity contribution >= 4 is 5.90 Å². The monoisotopic (exact) mass is 390 g/mol. The van der Waals surface area contributed by atoms with E-state index < -0.39 is 12.5 Å². The van der Waals surface area contributed by atoms with Crippen LogP contribution in [0.3, 0.4) is 0 Å². The van der Waals surface area contributed by atoms with E-state index in [1.807, 2.05) is 0 Å². The summed E-state index contributed by atoms with van der Waals surface area (Å²) in [4.78, 5) is 9.61. The maximum absolute atomic E-state index is 12.2. The fraction of sp³-hybridized carbons (Fsp3) is 0.167. The fourth-order valence-electron chi connectivity index (χ4n) is 2.62. The molecule has 0 aliphatic carbocycles. The fourth-order valence-corrected chi connectivity index (χ4v) is 2.62. The predicted octanol–water partition coefficient (Wildman–Crippen LogP) is 4.22. The van der Waals surface area contributed by atoms with Gasteiger partial charge >= 0.3 is 6.36 Å². The van der Waals surface area contributed by atoms with E-state index in [1.54, 1.807) is 30.7 Å². The zero-order valence-corrected chi connectivity index (χ0v) is 14.2. The van der Waals surface area contributed by atoms with Crippen LogP contribution in [-0.4, -0.2) is 27.4 Å². The van der Waals surface area contributed by atoms with E-state index in [0.717, 1.165) is 11.3 Å². The summed E-state index contributed by atoms with van der Waals surface area (Å²) in [6.45, 7) is 0. The van der Waals surface area contributed by atoms with Gasteiger partial charge in [-0.05, 0) is 29.8 Å². The Kier molecular flexibility index (Phi) is 4.60. The normalized spacial score (nSPS) is 16.4. The Labute approximate surface area is 156 Å². The first-order valence-electron chi connectivity index (χ1n) is 8.18. The molecule has 1 atom stereocenters. The summed E-state index contributed by atoms with van der Waals surface area (Å²) >= 11 is 0. The van der Waals surface area contributed by atoms with Gasteiger partial charge in [0.2, 0.25) is 5.90 Å². The van der Waals surface area contributed by atoms with Gasteiger partial charge in [0, 0.05) is 11.8 Å². The number of rotatable bonds is 4. The molecule has 3 heterocycles. The van der Waals surface area contributed by atoms with Crippen LogP contribution in [0.4, 0.5) is 13.2 Å². The topological polar surface area (TPSA) is 81.6 Å². The number of pyridine rings is 1. The predicted molar refractivity (Wildman–Crippen MR) is 91.4 cm³/mol. The van der Waals surface area contributed by atoms with Crippen molar-refractivity contribution < 1.29 is 27.5 Å². The molecule has 0 unspecified atom stereocenters. The van der Waals surface area contributed by atoms with Crippen LogP contribution in [0.1, 0.15) is 18.1 Å². The Morgan fingerprint density at radius 3 is 2.46 bits per heavy atom. The number of oxime groups is 1. The molecule has 0 saturated carbocycles. The molecule has 1 N–H and O–H groups in total. The maximum atomic E-state index is 12.2. The van der Waals surface area contributed by atoms with Gasteiger partial charge in [-0.1, -0.05) is 17.3 Å². The Balaban J connectivity index is 1.35. The lowest BCUT2D eigenvalue weighted by Gasteiger charge is -2.11. The van der Waals surface area contributed by atoms with Gasteiger partial charge in [-0.15, -0.1) is 13.2 Å². The molecule has 0 radical (unpaired) electrons. The second-order valence-corrected chi connectivity index (χ2v) is 5.87. The lowest BCUT2D eigenvalue weighted by molar-refractivity contribution is -0.274. The van der Waals surface area contributed by atoms with Crippen LogP contribution in [0.25, 0.3) is 11.3 Å². The number of aromatic amines is 1. The number of ether oxygens (including phenoxy) is 2. The van der Waals surface area contributed by atoms with Crippen LogP contribution in [-0.2, 0) is 4.84 Å². The highest BCUT2D eigenvalue weighted by atomic mass is 19.4. The molecule has 1 aliphatic heterocycles. The number of hydrogen-bond donors (Lipinski definition) is 1. The van der Waals surface area contributed by atoms with Crippen molar-refractivity contribution in [2.45, 2.75) is 18.9 Å². The lowest BCUT2D eigenvalue weighted by Crippen LogP contribution is -2.17. The van der Waals surface area contributed by atoms with Crippen molar-refractivity contribution in [1.82, 2.24) is 15.2 Å². The highest BCUT2D eigenvalue weighted by Crippen LogP contribution is 2.31. The summed E-state index contributed by atoms with van der Waals surface area (Å²) in [6.07, 6.45) is 0.107. The van der Waals surface area contributed by atoms with Crippen LogP contribution >= 0.6 is 0 Å². The van der Waals surface area contributed by atoms with Gasteiger partial charge in [-0.2, -0.15) is 5.10 Å². The smallest absolute Gasteiger partial charge is 0.438 e. The van der Waals surface area contributed by atoms with Crippen LogP contribution in [0, 0.1) is 0 Å². The molecule has 3 aromatic rings. The molecule has 1 aromatic carbocycles. The van der Waals surface area contributed by atoms with E-state index >= 15 is 0 Å². The van der Waals surface area contributed by atoms with Crippen LogP contribution in [0.2, 0.25) is 0 Å². The molecule has 7 nitrogen and oxygen atoms in total. The Morgan fingerprint density at radius 2 is 1.82 bits per heavy atom. The SMILES string of the molecule is FC(F)(F)Oc1ccc([C@@H]2CC(Oc3ccc(-c4cn[nH]c4)nc3)=NO2)cc1. The van der Waals surface area contributed by atoms with Crippen LogP contribution in [0.15, 0.2) is 60.1 Å². The first-order chi connectivity index (χ1) is 13.5. The first kappa shape index (κ1) is 17.8. The van der Waals surface area contributed by atoms with E-state index in [0.29, 0.717) is 23.6 Å². The zero-order valence-electron chi connectivity index (χ0n) is 14.2. The molecule has 4 rings (SSSR count). The van der Waals surface area contributed by atoms with Crippen molar-refractivity contribution in [3.8, 4) is 22.8 Å². The van der Waals surface area contributed by atoms with Crippen molar-refractivity contribution in [3.63, 3.8) is 0 Å². The van der Waals surface area contributed by atoms with Gasteiger partial charge < -0.3 is 14.3 Å². The molecule has 144 valence electrons. The third kappa shape index (κ3) is 4.22. The molecule has 0 saturated heterocycles. The van der Waals surface area contributed by atoms with E-state index in [-0.39, 0.29) is 5.75 Å². The summed E-state index contributed by atoms with van der Waals surface area (Å²) in [5.41, 5.74) is 2.25. The molecule has 28 heavy (non-hydrogen) atoms. The molecular formula is C18H13F3N4O3. The van der Waals surface area contributed by atoms with E-state index in [2.05, 4.69) is 25.1 Å². The summed E-state index contributed by atoms with van der Waals surface area (Å²) < 4.78 is 46.1. The van der Waals surface area contributed by atoms with Crippen molar-refractivity contribution in [1.29, 1.82) is 0 Å². The number of nitrogens with one attached hydrogen (secondary N) is 1. The van der Waals surface area contributed by atoms with Crippen LogP contribution in [0.5, 0.6) is 11.5 Å². The Morgan fingerprint density at radius 1 is 1.04 bits per heavy atom. The van der Waals surface area contributed by atoms with Gasteiger partial charge in [0.25, 0.3) is 0 Å². The van der Waals surface area contributed by atoms with Crippen molar-refractivity contribution in [2.75, 3.05) is 0 Å². The largest absolute Gasteiger partial charge is 0.573 e. The van der Waals surface area contributed by atoms with Crippen molar-refractivity contribution in [2.24, 2.45) is 5.16 Å². The number of nitrogens with zero attached hydrogens (tertiary/aromatic N) is 3. The molecule has 2 aromatic heterocycles. The minimum absolute atomic E-state index is 0.296. The standard InChI is InChI=1S/C18H13F3N4O3/c19-18(20,21)27-13-3-1-11(2-4-13)16-7-17(25-28-16)26-14-5-6-15(22-10-14)12-8-23-24-9-12/h1-6,8-10,16H,7H2,(H,23,24)/t16-/m0/s1. The number of alkyl halides is 3. The average Bonchev–Trinajstić information content (AvgIpc) is 3.34. The minimum Gasteiger partial charge on any atom is -0.438 e. The third-order valence-electron chi connectivity index (χ3n) is 3.89. The number of hydrogen-bond acceptors (Lipinski definition) is 6. The molecule has 10 heteroatoms. The average molecular weight is 390 g/mol. The van der Waals surface area contributed by atoms with Gasteiger partial charge in [0.15, 0.2) is 6.10 Å². The highest BCUT2D eigenvalue weighted by molar-refractivity contribution is 5.79.